The smallest absolute Gasteiger partial charge is 0.254 e. The third-order valence-corrected chi connectivity index (χ3v) is 4.42. The van der Waals surface area contributed by atoms with E-state index in [1.54, 1.807) is 17.2 Å². The summed E-state index contributed by atoms with van der Waals surface area (Å²) in [5.74, 6) is 0.0137. The van der Waals surface area contributed by atoms with Crippen LogP contribution in [0.5, 0.6) is 0 Å². The molecule has 7 nitrogen and oxygen atoms in total. The van der Waals surface area contributed by atoms with Gasteiger partial charge in [-0.3, -0.25) is 9.48 Å². The first kappa shape index (κ1) is 14.9. The molecule has 24 heavy (non-hydrogen) atoms. The lowest BCUT2D eigenvalue weighted by Gasteiger charge is -2.32. The number of benzene rings is 1. The Morgan fingerprint density at radius 3 is 3.00 bits per heavy atom. The van der Waals surface area contributed by atoms with Crippen molar-refractivity contribution in [2.45, 2.75) is 6.10 Å². The van der Waals surface area contributed by atoms with Crippen molar-refractivity contribution in [3.05, 3.63) is 48.0 Å². The van der Waals surface area contributed by atoms with Crippen LogP contribution in [0.4, 0.5) is 0 Å². The number of nitrogens with zero attached hydrogens (tertiary/aromatic N) is 5. The third kappa shape index (κ3) is 2.56. The molecule has 1 aliphatic heterocycles. The Morgan fingerprint density at radius 1 is 1.33 bits per heavy atom. The third-order valence-electron chi connectivity index (χ3n) is 4.42. The number of carbonyl (C=O) groups excluding carboxylic acids is 1. The summed E-state index contributed by atoms with van der Waals surface area (Å²) in [5, 5.41) is 4.18. The van der Waals surface area contributed by atoms with Gasteiger partial charge in [0.1, 0.15) is 6.10 Å². The number of rotatable bonds is 2. The number of fused-ring (bicyclic) bond motifs is 1. The highest BCUT2D eigenvalue weighted by atomic mass is 16.5. The standard InChI is InChI=1S/C17H19N5O2/c1-20-11-18-14-7-12(3-4-15(14)20)17(23)22-5-6-24-16(10-22)13-8-19-21(2)9-13/h3-4,7-9,11,16H,5-6,10H2,1-2H3. The van der Waals surface area contributed by atoms with E-state index in [9.17, 15) is 4.79 Å². The first-order valence-electron chi connectivity index (χ1n) is 7.92. The molecule has 3 heterocycles. The van der Waals surface area contributed by atoms with Gasteiger partial charge in [-0.1, -0.05) is 0 Å². The zero-order chi connectivity index (χ0) is 16.7. The lowest BCUT2D eigenvalue weighted by atomic mass is 10.1. The number of aromatic nitrogens is 4. The second kappa shape index (κ2) is 5.76. The van der Waals surface area contributed by atoms with Crippen LogP contribution in [0.15, 0.2) is 36.9 Å². The summed E-state index contributed by atoms with van der Waals surface area (Å²) in [6, 6.07) is 5.65. The van der Waals surface area contributed by atoms with Crippen molar-refractivity contribution in [3.8, 4) is 0 Å². The van der Waals surface area contributed by atoms with Gasteiger partial charge in [0, 0.05) is 38.0 Å². The van der Waals surface area contributed by atoms with Crippen molar-refractivity contribution in [1.29, 1.82) is 0 Å². The quantitative estimate of drug-likeness (QED) is 0.716. The molecule has 0 aliphatic carbocycles. The van der Waals surface area contributed by atoms with E-state index in [1.807, 2.05) is 48.0 Å². The largest absolute Gasteiger partial charge is 0.370 e. The van der Waals surface area contributed by atoms with Gasteiger partial charge in [0.2, 0.25) is 0 Å². The molecule has 7 heteroatoms. The first-order chi connectivity index (χ1) is 11.6. The van der Waals surface area contributed by atoms with E-state index >= 15 is 0 Å². The fraction of sp³-hybridized carbons (Fsp3) is 0.353. The molecule has 1 atom stereocenters. The molecule has 0 radical (unpaired) electrons. The molecule has 1 unspecified atom stereocenters. The molecule has 1 aliphatic rings. The number of amides is 1. The molecule has 124 valence electrons. The van der Waals surface area contributed by atoms with Crippen LogP contribution in [0.1, 0.15) is 22.0 Å². The van der Waals surface area contributed by atoms with Crippen LogP contribution >= 0.6 is 0 Å². The van der Waals surface area contributed by atoms with Crippen molar-refractivity contribution >= 4 is 16.9 Å². The van der Waals surface area contributed by atoms with Crippen molar-refractivity contribution in [2.24, 2.45) is 14.1 Å². The summed E-state index contributed by atoms with van der Waals surface area (Å²) < 4.78 is 9.49. The molecular weight excluding hydrogens is 306 g/mol. The molecule has 0 saturated carbocycles. The molecule has 1 fully saturated rings. The number of carbonyl (C=O) groups is 1. The fourth-order valence-electron chi connectivity index (χ4n) is 3.09. The van der Waals surface area contributed by atoms with Gasteiger partial charge in [-0.15, -0.1) is 0 Å². The zero-order valence-corrected chi connectivity index (χ0v) is 13.7. The van der Waals surface area contributed by atoms with Gasteiger partial charge in [-0.05, 0) is 18.2 Å². The summed E-state index contributed by atoms with van der Waals surface area (Å²) in [7, 11) is 3.81. The predicted molar refractivity (Wildman–Crippen MR) is 88.5 cm³/mol. The Kier molecular flexibility index (Phi) is 3.57. The van der Waals surface area contributed by atoms with Crippen LogP contribution in [-0.2, 0) is 18.8 Å². The maximum atomic E-state index is 12.8. The summed E-state index contributed by atoms with van der Waals surface area (Å²) in [4.78, 5) is 19.0. The lowest BCUT2D eigenvalue weighted by Crippen LogP contribution is -2.42. The molecule has 2 aromatic heterocycles. The predicted octanol–water partition coefficient (Wildman–Crippen LogP) is 1.52. The van der Waals surface area contributed by atoms with Crippen molar-refractivity contribution in [3.63, 3.8) is 0 Å². The van der Waals surface area contributed by atoms with Crippen LogP contribution in [0, 0.1) is 0 Å². The highest BCUT2D eigenvalue weighted by Crippen LogP contribution is 2.23. The Hall–Kier alpha value is -2.67. The minimum absolute atomic E-state index is 0.0137. The molecular formula is C17H19N5O2. The molecule has 1 amide bonds. The second-order valence-corrected chi connectivity index (χ2v) is 6.12. The SMILES string of the molecule is Cn1cc(C2CN(C(=O)c3ccc4c(c3)ncn4C)CCO2)cn1. The van der Waals surface area contributed by atoms with E-state index in [0.717, 1.165) is 16.6 Å². The topological polar surface area (TPSA) is 65.2 Å². The van der Waals surface area contributed by atoms with E-state index in [-0.39, 0.29) is 12.0 Å². The Morgan fingerprint density at radius 2 is 2.21 bits per heavy atom. The number of hydrogen-bond donors (Lipinski definition) is 0. The first-order valence-corrected chi connectivity index (χ1v) is 7.92. The van der Waals surface area contributed by atoms with Gasteiger partial charge < -0.3 is 14.2 Å². The van der Waals surface area contributed by atoms with Crippen LogP contribution in [0.2, 0.25) is 0 Å². The van der Waals surface area contributed by atoms with Crippen LogP contribution in [-0.4, -0.2) is 49.8 Å². The summed E-state index contributed by atoms with van der Waals surface area (Å²) in [6.45, 7) is 1.65. The fourth-order valence-corrected chi connectivity index (χ4v) is 3.09. The van der Waals surface area contributed by atoms with Gasteiger partial charge in [-0.2, -0.15) is 5.10 Å². The summed E-state index contributed by atoms with van der Waals surface area (Å²) in [5.41, 5.74) is 3.50. The number of ether oxygens (including phenoxy) is 1. The Bertz CT molecular complexity index is 897. The highest BCUT2D eigenvalue weighted by molar-refractivity contribution is 5.97. The Balaban J connectivity index is 1.56. The number of aryl methyl sites for hydroxylation is 2. The average Bonchev–Trinajstić information content (AvgIpc) is 3.20. The average molecular weight is 325 g/mol. The molecule has 3 aromatic rings. The zero-order valence-electron chi connectivity index (χ0n) is 13.7. The number of hydrogen-bond acceptors (Lipinski definition) is 4. The van der Waals surface area contributed by atoms with Gasteiger partial charge in [0.05, 0.1) is 36.7 Å². The van der Waals surface area contributed by atoms with Gasteiger partial charge >= 0.3 is 0 Å². The molecule has 0 N–H and O–H groups in total. The van der Waals surface area contributed by atoms with Crippen LogP contribution in [0.25, 0.3) is 11.0 Å². The maximum absolute atomic E-state index is 12.8. The van der Waals surface area contributed by atoms with E-state index in [0.29, 0.717) is 25.3 Å². The van der Waals surface area contributed by atoms with E-state index in [1.165, 1.54) is 0 Å². The number of imidazole rings is 1. The van der Waals surface area contributed by atoms with Crippen molar-refractivity contribution < 1.29 is 9.53 Å². The molecule has 0 spiro atoms. The maximum Gasteiger partial charge on any atom is 0.254 e. The number of morpholine rings is 1. The lowest BCUT2D eigenvalue weighted by molar-refractivity contribution is -0.0228. The normalized spacial score (nSPS) is 18.2. The molecule has 1 aromatic carbocycles. The van der Waals surface area contributed by atoms with Crippen molar-refractivity contribution in [2.75, 3.05) is 19.7 Å². The Labute approximate surface area is 139 Å². The molecule has 0 bridgehead atoms. The monoisotopic (exact) mass is 325 g/mol. The van der Waals surface area contributed by atoms with Gasteiger partial charge in [0.15, 0.2) is 0 Å². The van der Waals surface area contributed by atoms with E-state index in [2.05, 4.69) is 10.1 Å². The summed E-state index contributed by atoms with van der Waals surface area (Å²) in [6.07, 6.45) is 5.35. The highest BCUT2D eigenvalue weighted by Gasteiger charge is 2.27. The van der Waals surface area contributed by atoms with E-state index in [4.69, 9.17) is 4.74 Å². The van der Waals surface area contributed by atoms with E-state index < -0.39 is 0 Å². The minimum atomic E-state index is -0.130. The van der Waals surface area contributed by atoms with Gasteiger partial charge in [-0.25, -0.2) is 4.98 Å². The van der Waals surface area contributed by atoms with Gasteiger partial charge in [0.25, 0.3) is 5.91 Å². The van der Waals surface area contributed by atoms with Crippen LogP contribution in [0.3, 0.4) is 0 Å². The second-order valence-electron chi connectivity index (χ2n) is 6.12. The molecule has 1 saturated heterocycles. The van der Waals surface area contributed by atoms with Crippen LogP contribution < -0.4 is 0 Å². The molecule has 4 rings (SSSR count). The minimum Gasteiger partial charge on any atom is -0.370 e. The summed E-state index contributed by atoms with van der Waals surface area (Å²) >= 11 is 0. The van der Waals surface area contributed by atoms with Crippen molar-refractivity contribution in [1.82, 2.24) is 24.2 Å².